The highest BCUT2D eigenvalue weighted by atomic mass is 15.2. The minimum atomic E-state index is 1.05. The van der Waals surface area contributed by atoms with Gasteiger partial charge in [-0.25, -0.2) is 0 Å². The van der Waals surface area contributed by atoms with Gasteiger partial charge in [-0.15, -0.1) is 0 Å². The summed E-state index contributed by atoms with van der Waals surface area (Å²) in [6, 6.07) is 58.9. The van der Waals surface area contributed by atoms with E-state index in [9.17, 15) is 0 Å². The van der Waals surface area contributed by atoms with E-state index in [2.05, 4.69) is 206 Å². The van der Waals surface area contributed by atoms with Crippen LogP contribution in [0.1, 0.15) is 33.1 Å². The molecule has 0 spiro atoms. The average molecular weight is 635 g/mol. The molecule has 1 aliphatic rings. The summed E-state index contributed by atoms with van der Waals surface area (Å²) in [7, 11) is 0. The fourth-order valence-corrected chi connectivity index (χ4v) is 6.61. The molecule has 0 radical (unpaired) electrons. The number of nitrogens with zero attached hydrogens (tertiary/aromatic N) is 2. The van der Waals surface area contributed by atoms with Crippen molar-refractivity contribution in [2.75, 3.05) is 9.80 Å². The van der Waals surface area contributed by atoms with E-state index >= 15 is 0 Å². The number of allylic oxidation sites excluding steroid dienone is 3. The van der Waals surface area contributed by atoms with Crippen LogP contribution in [0.5, 0.6) is 0 Å². The number of rotatable bonds is 7. The highest BCUT2D eigenvalue weighted by Gasteiger charge is 2.18. The normalized spacial score (nSPS) is 12.2. The first kappa shape index (κ1) is 31.7. The molecule has 0 heterocycles. The Labute approximate surface area is 290 Å². The van der Waals surface area contributed by atoms with Crippen LogP contribution >= 0.6 is 0 Å². The van der Waals surface area contributed by atoms with E-state index in [1.807, 2.05) is 0 Å². The summed E-state index contributed by atoms with van der Waals surface area (Å²) in [5.74, 6) is 0. The summed E-state index contributed by atoms with van der Waals surface area (Å²) in [6.07, 6.45) is 10.3. The van der Waals surface area contributed by atoms with Gasteiger partial charge in [-0.05, 0) is 89.3 Å². The van der Waals surface area contributed by atoms with E-state index in [-0.39, 0.29) is 0 Å². The van der Waals surface area contributed by atoms with E-state index < -0.39 is 0 Å². The van der Waals surface area contributed by atoms with Gasteiger partial charge >= 0.3 is 0 Å². The van der Waals surface area contributed by atoms with Gasteiger partial charge in [-0.1, -0.05) is 148 Å². The molecular formula is C47H42N2. The van der Waals surface area contributed by atoms with E-state index in [4.69, 9.17) is 0 Å². The summed E-state index contributed by atoms with van der Waals surface area (Å²) in [5, 5.41) is 4.95. The Bertz CT molecular complexity index is 2200. The monoisotopic (exact) mass is 634 g/mol. The van der Waals surface area contributed by atoms with Gasteiger partial charge in [-0.3, -0.25) is 0 Å². The molecule has 0 aliphatic heterocycles. The lowest BCUT2D eigenvalue weighted by atomic mass is 10.0. The summed E-state index contributed by atoms with van der Waals surface area (Å²) >= 11 is 0. The van der Waals surface area contributed by atoms with Crippen LogP contribution in [0, 0.1) is 0 Å². The minimum absolute atomic E-state index is 1.05. The smallest absolute Gasteiger partial charge is 0.0540 e. The molecule has 0 fully saturated rings. The molecule has 7 aromatic carbocycles. The topological polar surface area (TPSA) is 6.48 Å². The third-order valence-corrected chi connectivity index (χ3v) is 8.85. The molecular weight excluding hydrogens is 593 g/mol. The second kappa shape index (κ2) is 14.9. The summed E-state index contributed by atoms with van der Waals surface area (Å²) in [6.45, 7) is 4.25. The van der Waals surface area contributed by atoms with Crippen LogP contribution in [0.2, 0.25) is 0 Å². The SMILES string of the molecule is C1=CC(N(c2ccc(-c3ccc(N(c4ccccc4)c4cccc5ccccc45)cc3)cc2)c2cccc3ccccc23)=CCC1.CCC. The Morgan fingerprint density at radius 1 is 0.429 bits per heavy atom. The molecule has 0 saturated carbocycles. The van der Waals surface area contributed by atoms with Gasteiger partial charge in [-0.2, -0.15) is 0 Å². The zero-order chi connectivity index (χ0) is 33.4. The Balaban J connectivity index is 0.00000122. The molecule has 0 atom stereocenters. The second-order valence-corrected chi connectivity index (χ2v) is 12.4. The molecule has 2 nitrogen and oxygen atoms in total. The van der Waals surface area contributed by atoms with E-state index in [0.717, 1.165) is 29.9 Å². The van der Waals surface area contributed by atoms with Crippen molar-refractivity contribution in [1.82, 2.24) is 0 Å². The van der Waals surface area contributed by atoms with Gasteiger partial charge in [0.2, 0.25) is 0 Å². The summed E-state index contributed by atoms with van der Waals surface area (Å²) in [5.41, 5.74) is 9.38. The molecule has 0 aromatic heterocycles. The fraction of sp³-hybridized carbons (Fsp3) is 0.106. The lowest BCUT2D eigenvalue weighted by Crippen LogP contribution is -2.16. The first-order chi connectivity index (χ1) is 24.2. The predicted octanol–water partition coefficient (Wildman–Crippen LogP) is 13.9. The maximum Gasteiger partial charge on any atom is 0.0540 e. The first-order valence-corrected chi connectivity index (χ1v) is 17.4. The molecule has 0 unspecified atom stereocenters. The number of benzene rings is 7. The van der Waals surface area contributed by atoms with E-state index in [1.165, 1.54) is 56.2 Å². The Morgan fingerprint density at radius 2 is 0.878 bits per heavy atom. The number of para-hydroxylation sites is 1. The predicted molar refractivity (Wildman–Crippen MR) is 213 cm³/mol. The maximum absolute atomic E-state index is 2.40. The zero-order valence-electron chi connectivity index (χ0n) is 28.3. The Hall–Kier alpha value is -5.86. The standard InChI is InChI=1S/C44H34N2.C3H8/c1-3-17-37(18-4-1)45(43-23-11-15-35-13-7-9-21-41(35)43)39-29-25-33(26-30-39)34-27-31-40(32-28-34)46(38-19-5-2-6-20-38)44-24-12-16-36-14-8-10-22-42(36)44;1-3-2/h1,3-5,7-32H,2,6H2;3H2,1-2H3. The van der Waals surface area contributed by atoms with Gasteiger partial charge in [0.15, 0.2) is 0 Å². The van der Waals surface area contributed by atoms with Crippen LogP contribution < -0.4 is 9.80 Å². The lowest BCUT2D eigenvalue weighted by Gasteiger charge is -2.29. The van der Waals surface area contributed by atoms with Crippen LogP contribution in [-0.2, 0) is 0 Å². The minimum Gasteiger partial charge on any atom is -0.310 e. The van der Waals surface area contributed by atoms with Gasteiger partial charge in [0.25, 0.3) is 0 Å². The van der Waals surface area contributed by atoms with Crippen LogP contribution in [0.25, 0.3) is 32.7 Å². The maximum atomic E-state index is 2.40. The van der Waals surface area contributed by atoms with Crippen molar-refractivity contribution in [3.05, 3.63) is 188 Å². The summed E-state index contributed by atoms with van der Waals surface area (Å²) < 4.78 is 0. The van der Waals surface area contributed by atoms with Crippen molar-refractivity contribution in [2.45, 2.75) is 33.1 Å². The molecule has 0 saturated heterocycles. The van der Waals surface area contributed by atoms with Crippen molar-refractivity contribution in [3.63, 3.8) is 0 Å². The van der Waals surface area contributed by atoms with Crippen molar-refractivity contribution >= 4 is 50.0 Å². The van der Waals surface area contributed by atoms with Gasteiger partial charge < -0.3 is 9.80 Å². The number of fused-ring (bicyclic) bond motifs is 2. The Morgan fingerprint density at radius 3 is 1.41 bits per heavy atom. The molecule has 0 N–H and O–H groups in total. The van der Waals surface area contributed by atoms with E-state index in [1.54, 1.807) is 0 Å². The largest absolute Gasteiger partial charge is 0.310 e. The quantitative estimate of drug-likeness (QED) is 0.172. The first-order valence-electron chi connectivity index (χ1n) is 17.4. The second-order valence-electron chi connectivity index (χ2n) is 12.4. The fourth-order valence-electron chi connectivity index (χ4n) is 6.61. The van der Waals surface area contributed by atoms with Crippen LogP contribution in [0.3, 0.4) is 0 Å². The number of hydrogen-bond acceptors (Lipinski definition) is 2. The summed E-state index contributed by atoms with van der Waals surface area (Å²) in [4.78, 5) is 4.75. The molecule has 0 amide bonds. The van der Waals surface area contributed by atoms with Gasteiger partial charge in [0.05, 0.1) is 11.4 Å². The van der Waals surface area contributed by atoms with Gasteiger partial charge in [0.1, 0.15) is 0 Å². The number of anilines is 5. The van der Waals surface area contributed by atoms with Crippen molar-refractivity contribution in [2.24, 2.45) is 0 Å². The molecule has 240 valence electrons. The highest BCUT2D eigenvalue weighted by Crippen LogP contribution is 2.40. The van der Waals surface area contributed by atoms with Crippen molar-refractivity contribution in [3.8, 4) is 11.1 Å². The van der Waals surface area contributed by atoms with E-state index in [0.29, 0.717) is 0 Å². The molecule has 1 aliphatic carbocycles. The highest BCUT2D eigenvalue weighted by molar-refractivity contribution is 5.99. The average Bonchev–Trinajstić information content (AvgIpc) is 3.17. The zero-order valence-corrected chi connectivity index (χ0v) is 28.3. The van der Waals surface area contributed by atoms with Crippen LogP contribution in [0.15, 0.2) is 188 Å². The third-order valence-electron chi connectivity index (χ3n) is 8.85. The molecule has 0 bridgehead atoms. The molecule has 7 aromatic rings. The van der Waals surface area contributed by atoms with Crippen LogP contribution in [-0.4, -0.2) is 0 Å². The Kier molecular flexibility index (Phi) is 9.66. The van der Waals surface area contributed by atoms with Crippen LogP contribution in [0.4, 0.5) is 28.4 Å². The molecule has 49 heavy (non-hydrogen) atoms. The lowest BCUT2D eigenvalue weighted by molar-refractivity contribution is 0.998. The van der Waals surface area contributed by atoms with Crippen molar-refractivity contribution in [1.29, 1.82) is 0 Å². The van der Waals surface area contributed by atoms with Gasteiger partial charge in [0, 0.05) is 33.5 Å². The molecule has 2 heteroatoms. The third kappa shape index (κ3) is 6.77. The van der Waals surface area contributed by atoms with Crippen molar-refractivity contribution < 1.29 is 0 Å². The molecule has 8 rings (SSSR count). The number of hydrogen-bond donors (Lipinski definition) is 0.